The van der Waals surface area contributed by atoms with Gasteiger partial charge in [0.15, 0.2) is 30.1 Å². The van der Waals surface area contributed by atoms with Crippen LogP contribution in [0.1, 0.15) is 59.6 Å². The molecular formula is C34H50O11Ti+4. The predicted molar refractivity (Wildman–Crippen MR) is 174 cm³/mol. The fraction of sp³-hybridized carbons (Fsp3) is 0.471. The maximum absolute atomic E-state index is 9.37. The third kappa shape index (κ3) is 13.6. The number of hydrogen-bond acceptors (Lipinski definition) is 5. The van der Waals surface area contributed by atoms with Crippen molar-refractivity contribution < 1.29 is 74.8 Å². The summed E-state index contributed by atoms with van der Waals surface area (Å²) in [5, 5.41) is 14.4. The Kier molecular flexibility index (Phi) is 17.2. The van der Waals surface area contributed by atoms with Crippen LogP contribution in [0.25, 0.3) is 0 Å². The van der Waals surface area contributed by atoms with E-state index in [1.807, 2.05) is 64.1 Å². The molecule has 12 heteroatoms. The zero-order chi connectivity index (χ0) is 33.8. The summed E-state index contributed by atoms with van der Waals surface area (Å²) < 4.78 is 28.3. The van der Waals surface area contributed by atoms with Gasteiger partial charge in [0, 0.05) is 42.5 Å². The van der Waals surface area contributed by atoms with Crippen LogP contribution in [0.4, 0.5) is 0 Å². The van der Waals surface area contributed by atoms with Crippen LogP contribution in [0.3, 0.4) is 0 Å². The molecular weight excluding hydrogens is 632 g/mol. The molecule has 252 valence electrons. The van der Waals surface area contributed by atoms with E-state index in [0.717, 1.165) is 0 Å². The van der Waals surface area contributed by atoms with Crippen LogP contribution in [0.2, 0.25) is 0 Å². The Morgan fingerprint density at radius 2 is 1.20 bits per heavy atom. The van der Waals surface area contributed by atoms with E-state index in [-0.39, 0.29) is 63.2 Å². The average molecular weight is 683 g/mol. The molecule has 3 saturated heterocycles. The van der Waals surface area contributed by atoms with Gasteiger partial charge in [-0.1, -0.05) is 47.5 Å². The third-order valence-electron chi connectivity index (χ3n) is 6.31. The summed E-state index contributed by atoms with van der Waals surface area (Å²) in [6.45, 7) is 13.1. The molecule has 0 aromatic heterocycles. The number of fused-ring (bicyclic) bond motifs is 1. The van der Waals surface area contributed by atoms with Gasteiger partial charge in [-0.25, -0.2) is 0 Å². The van der Waals surface area contributed by atoms with Crippen LogP contribution in [0.5, 0.6) is 0 Å². The normalized spacial score (nSPS) is 24.5. The molecule has 46 heavy (non-hydrogen) atoms. The number of carbonyl (C=O) groups excluding carboxylic acids is 4. The fourth-order valence-corrected chi connectivity index (χ4v) is 4.51. The number of rotatable bonds is 7. The van der Waals surface area contributed by atoms with Gasteiger partial charge >= 0.3 is 0 Å². The van der Waals surface area contributed by atoms with Crippen molar-refractivity contribution in [2.45, 2.75) is 90.7 Å². The third-order valence-corrected chi connectivity index (χ3v) is 6.31. The minimum Gasteiger partial charge on any atom is -0.446 e. The Balaban J connectivity index is 0.000000337. The SMILES string of the molecule is CC(=[OH+])[CH-]C(=[OH+])c1ccccc1.CC(=[OH+])[CH-]C(=[OH+])c1ccccc1.CC1(C)OCC(C2OC3OC(C)(C)OC3C2[OH2+])O1.CC[OH2+].[Ti]. The second kappa shape index (κ2) is 19.2. The van der Waals surface area contributed by atoms with Crippen molar-refractivity contribution in [3.8, 4) is 0 Å². The molecule has 5 atom stereocenters. The largest absolute Gasteiger partial charge is 0.446 e. The Bertz CT molecular complexity index is 1190. The molecule has 3 aliphatic rings. The van der Waals surface area contributed by atoms with Gasteiger partial charge in [0.05, 0.1) is 6.61 Å². The van der Waals surface area contributed by atoms with Crippen molar-refractivity contribution in [3.05, 3.63) is 84.6 Å². The second-order valence-corrected chi connectivity index (χ2v) is 11.4. The molecule has 0 amide bonds. The van der Waals surface area contributed by atoms with Crippen molar-refractivity contribution in [2.75, 3.05) is 13.2 Å². The van der Waals surface area contributed by atoms with E-state index < -0.39 is 24.0 Å². The molecule has 0 aliphatic carbocycles. The molecule has 3 heterocycles. The summed E-state index contributed by atoms with van der Waals surface area (Å²) in [4.78, 5) is 36.5. The van der Waals surface area contributed by atoms with Crippen molar-refractivity contribution in [3.63, 3.8) is 0 Å². The van der Waals surface area contributed by atoms with Gasteiger partial charge in [0.25, 0.3) is 0 Å². The minimum atomic E-state index is -0.675. The predicted octanol–water partition coefficient (Wildman–Crippen LogP) is 2.53. The van der Waals surface area contributed by atoms with Crippen LogP contribution in [0, 0.1) is 12.8 Å². The quantitative estimate of drug-likeness (QED) is 0.143. The van der Waals surface area contributed by atoms with E-state index >= 15 is 0 Å². The first kappa shape index (κ1) is 41.3. The Hall–Kier alpha value is -2.71. The van der Waals surface area contributed by atoms with E-state index in [1.165, 1.54) is 26.7 Å². The molecule has 2 aromatic rings. The summed E-state index contributed by atoms with van der Waals surface area (Å²) in [6, 6.07) is 18.1. The zero-order valence-electron chi connectivity index (χ0n) is 27.6. The molecule has 0 radical (unpaired) electrons. The van der Waals surface area contributed by atoms with E-state index in [1.54, 1.807) is 31.2 Å². The van der Waals surface area contributed by atoms with Gasteiger partial charge in [0.1, 0.15) is 12.7 Å². The van der Waals surface area contributed by atoms with Crippen LogP contribution in [-0.4, -0.2) is 108 Å². The van der Waals surface area contributed by atoms with Gasteiger partial charge in [-0.15, -0.1) is 24.3 Å². The van der Waals surface area contributed by atoms with Crippen LogP contribution in [0.15, 0.2) is 60.7 Å². The molecule has 5 unspecified atom stereocenters. The number of benzene rings is 2. The number of ether oxygens (including phenoxy) is 5. The molecule has 0 spiro atoms. The Labute approximate surface area is 285 Å². The molecule has 0 saturated carbocycles. The van der Waals surface area contributed by atoms with Crippen LogP contribution >= 0.6 is 0 Å². The van der Waals surface area contributed by atoms with Crippen molar-refractivity contribution in [1.29, 1.82) is 0 Å². The van der Waals surface area contributed by atoms with E-state index in [9.17, 15) is 9.59 Å². The molecule has 3 fully saturated rings. The molecule has 5 rings (SSSR count). The first-order valence-corrected chi connectivity index (χ1v) is 14.7. The van der Waals surface area contributed by atoms with Crippen LogP contribution in [-0.2, 0) is 45.4 Å². The summed E-state index contributed by atoms with van der Waals surface area (Å²) in [6.07, 6.45) is 0.697. The Morgan fingerprint density at radius 1 is 0.761 bits per heavy atom. The summed E-state index contributed by atoms with van der Waals surface area (Å²) in [5.74, 6) is -0.933. The van der Waals surface area contributed by atoms with Crippen molar-refractivity contribution >= 4 is 23.1 Å². The van der Waals surface area contributed by atoms with Gasteiger partial charge in [-0.2, -0.15) is 0 Å². The van der Waals surface area contributed by atoms with Crippen LogP contribution < -0.4 is 0 Å². The van der Waals surface area contributed by atoms with E-state index in [2.05, 4.69) is 0 Å². The second-order valence-electron chi connectivity index (χ2n) is 11.4. The van der Waals surface area contributed by atoms with Gasteiger partial charge in [-0.3, -0.25) is 9.59 Å². The molecule has 0 bridgehead atoms. The zero-order valence-corrected chi connectivity index (χ0v) is 29.1. The maximum Gasteiger partial charge on any atom is 0.247 e. The number of ketones is 4. The smallest absolute Gasteiger partial charge is 0.247 e. The molecule has 2 aromatic carbocycles. The van der Waals surface area contributed by atoms with E-state index in [0.29, 0.717) is 24.3 Å². The van der Waals surface area contributed by atoms with Gasteiger partial charge < -0.3 is 43.5 Å². The van der Waals surface area contributed by atoms with E-state index in [4.69, 9.17) is 43.5 Å². The van der Waals surface area contributed by atoms with Gasteiger partial charge in [-0.05, 0) is 40.5 Å². The monoisotopic (exact) mass is 682 g/mol. The summed E-state index contributed by atoms with van der Waals surface area (Å²) in [7, 11) is 0. The summed E-state index contributed by atoms with van der Waals surface area (Å²) in [5.41, 5.74) is 1.40. The standard InChI is InChI=1S/C12H20O6.2C10H9O2.C2H6O.Ti/c1-11(2)14-5-6(16-11)8-7(13)9-10(15-8)18-12(3,4)17-9;2*1-8(11)7-10(12)9-5-3-2-4-6-9;1-2-3;/h6-10,13H,5H2,1-4H3;2*2-7H,1H3;3H,2H2,1H3;/q;2*-1;;/p+6. The first-order valence-electron chi connectivity index (χ1n) is 14.7. The maximum atomic E-state index is 9.37. The average Bonchev–Trinajstić information content (AvgIpc) is 3.59. The van der Waals surface area contributed by atoms with Crippen molar-refractivity contribution in [2.24, 2.45) is 0 Å². The fourth-order valence-electron chi connectivity index (χ4n) is 4.51. The molecule has 3 aliphatic heterocycles. The minimum absolute atomic E-state index is 0. The summed E-state index contributed by atoms with van der Waals surface area (Å²) >= 11 is 0. The molecule has 11 nitrogen and oxygen atoms in total. The topological polar surface area (TPSA) is 178 Å². The van der Waals surface area contributed by atoms with Gasteiger partial charge in [0.2, 0.25) is 29.2 Å². The molecule has 8 N–H and O–H groups in total. The first-order chi connectivity index (χ1) is 21.1. The Morgan fingerprint density at radius 3 is 1.54 bits per heavy atom. The van der Waals surface area contributed by atoms with Crippen molar-refractivity contribution in [1.82, 2.24) is 0 Å². The number of hydrogen-bond donors (Lipinski definition) is 0.